The summed E-state index contributed by atoms with van der Waals surface area (Å²) in [4.78, 5) is 0.175. The first kappa shape index (κ1) is 24.2. The molecule has 3 aromatic carbocycles. The van der Waals surface area contributed by atoms with Crippen molar-refractivity contribution in [1.29, 1.82) is 5.41 Å². The average Bonchev–Trinajstić information content (AvgIpc) is 3.23. The number of sulfonamides is 1. The number of aromatic nitrogens is 1. The second-order valence-corrected chi connectivity index (χ2v) is 10.7. The Labute approximate surface area is 209 Å². The predicted molar refractivity (Wildman–Crippen MR) is 140 cm³/mol. The molecule has 186 valence electrons. The fourth-order valence-electron chi connectivity index (χ4n) is 4.96. The van der Waals surface area contributed by atoms with Crippen molar-refractivity contribution < 1.29 is 17.5 Å². The van der Waals surface area contributed by atoms with Crippen LogP contribution in [-0.4, -0.2) is 39.5 Å². The minimum absolute atomic E-state index is 0.150. The lowest BCUT2D eigenvalue weighted by atomic mass is 9.90. The van der Waals surface area contributed by atoms with Crippen molar-refractivity contribution in [3.05, 3.63) is 77.7 Å². The molecule has 4 N–H and O–H groups in total. The Hall–Kier alpha value is -3.53. The predicted octanol–water partition coefficient (Wildman–Crippen LogP) is 4.82. The molecule has 1 aromatic heterocycles. The molecule has 4 aromatic rings. The number of hydrogen-bond donors (Lipinski definition) is 3. The summed E-state index contributed by atoms with van der Waals surface area (Å²) in [6, 6.07) is 16.9. The van der Waals surface area contributed by atoms with E-state index in [0.29, 0.717) is 24.5 Å². The van der Waals surface area contributed by atoms with Crippen molar-refractivity contribution in [3.63, 3.8) is 0 Å². The van der Waals surface area contributed by atoms with Crippen molar-refractivity contribution >= 4 is 32.8 Å². The summed E-state index contributed by atoms with van der Waals surface area (Å²) in [6.45, 7) is 1.25. The first-order chi connectivity index (χ1) is 17.3. The third-order valence-electron chi connectivity index (χ3n) is 6.78. The minimum Gasteiger partial charge on any atom is -0.398 e. The number of benzene rings is 3. The number of anilines is 1. The molecule has 7 nitrogen and oxygen atoms in total. The number of rotatable bonds is 6. The van der Waals surface area contributed by atoms with E-state index in [1.165, 1.54) is 25.4 Å². The Balaban J connectivity index is 1.86. The first-order valence-electron chi connectivity index (χ1n) is 11.7. The third kappa shape index (κ3) is 4.19. The molecule has 0 bridgehead atoms. The average molecular weight is 507 g/mol. The van der Waals surface area contributed by atoms with Crippen LogP contribution in [0.1, 0.15) is 30.0 Å². The van der Waals surface area contributed by atoms with Crippen molar-refractivity contribution in [1.82, 2.24) is 9.29 Å². The van der Waals surface area contributed by atoms with E-state index in [2.05, 4.69) is 9.29 Å². The van der Waals surface area contributed by atoms with E-state index in [1.54, 1.807) is 36.4 Å². The molecule has 0 spiro atoms. The monoisotopic (exact) mass is 506 g/mol. The van der Waals surface area contributed by atoms with Gasteiger partial charge in [0.15, 0.2) is 0 Å². The summed E-state index contributed by atoms with van der Waals surface area (Å²) in [5.74, 6) is -0.176. The van der Waals surface area contributed by atoms with Crippen LogP contribution in [-0.2, 0) is 14.8 Å². The van der Waals surface area contributed by atoms with Gasteiger partial charge in [-0.15, -0.1) is 0 Å². The molecule has 1 fully saturated rings. The van der Waals surface area contributed by atoms with Gasteiger partial charge >= 0.3 is 0 Å². The van der Waals surface area contributed by atoms with Crippen molar-refractivity contribution in [2.24, 2.45) is 0 Å². The van der Waals surface area contributed by atoms with Crippen LogP contribution in [0.15, 0.2) is 65.6 Å². The molecule has 2 heterocycles. The lowest BCUT2D eigenvalue weighted by Gasteiger charge is -2.26. The van der Waals surface area contributed by atoms with E-state index in [-0.39, 0.29) is 16.6 Å². The normalized spacial score (nSPS) is 14.8. The van der Waals surface area contributed by atoms with Gasteiger partial charge in [-0.3, -0.25) is 0 Å². The number of nitrogens with zero attached hydrogens (tertiary/aromatic N) is 1. The van der Waals surface area contributed by atoms with E-state index >= 15 is 0 Å². The zero-order chi connectivity index (χ0) is 25.4. The maximum absolute atomic E-state index is 13.9. The largest absolute Gasteiger partial charge is 0.398 e. The smallest absolute Gasteiger partial charge is 0.240 e. The maximum Gasteiger partial charge on any atom is 0.240 e. The van der Waals surface area contributed by atoms with Crippen LogP contribution in [0.25, 0.3) is 27.7 Å². The SMILES string of the molecule is CNS(=O)(=O)c1ccc(-c2c(C3CCOCC3)n(-c3ccc(F)cc3)c3cc(C=N)c(N)cc23)cc1. The van der Waals surface area contributed by atoms with Crippen LogP contribution in [0.3, 0.4) is 0 Å². The van der Waals surface area contributed by atoms with Crippen LogP contribution >= 0.6 is 0 Å². The highest BCUT2D eigenvalue weighted by atomic mass is 32.2. The summed E-state index contributed by atoms with van der Waals surface area (Å²) in [6.07, 6.45) is 2.84. The molecule has 0 atom stereocenters. The third-order valence-corrected chi connectivity index (χ3v) is 8.21. The number of nitrogen functional groups attached to an aromatic ring is 1. The quantitative estimate of drug-likeness (QED) is 0.257. The summed E-state index contributed by atoms with van der Waals surface area (Å²) in [5, 5.41) is 8.72. The molecule has 9 heteroatoms. The number of nitrogens with two attached hydrogens (primary N) is 1. The van der Waals surface area contributed by atoms with Gasteiger partial charge in [-0.2, -0.15) is 0 Å². The lowest BCUT2D eigenvalue weighted by molar-refractivity contribution is 0.0843. The number of ether oxygens (including phenoxy) is 1. The van der Waals surface area contributed by atoms with Crippen LogP contribution in [0, 0.1) is 11.2 Å². The zero-order valence-electron chi connectivity index (χ0n) is 19.8. The van der Waals surface area contributed by atoms with Crippen LogP contribution in [0.4, 0.5) is 10.1 Å². The molecule has 0 radical (unpaired) electrons. The Morgan fingerprint density at radius 3 is 2.36 bits per heavy atom. The number of halogens is 1. The molecule has 36 heavy (non-hydrogen) atoms. The molecule has 0 saturated carbocycles. The Morgan fingerprint density at radius 1 is 1.08 bits per heavy atom. The standard InChI is InChI=1S/C27H27FN4O3S/c1-31-36(33,34)22-8-2-17(3-9-22)26-23-15-24(30)19(16-29)14-25(23)32(21-6-4-20(28)5-7-21)27(26)18-10-12-35-13-11-18/h2-9,14-16,18,29,31H,10-13,30H2,1H3. The molecule has 0 aliphatic carbocycles. The molecular weight excluding hydrogens is 479 g/mol. The van der Waals surface area contributed by atoms with Gasteiger partial charge in [0.05, 0.1) is 10.4 Å². The highest BCUT2D eigenvalue weighted by Gasteiger charge is 2.28. The van der Waals surface area contributed by atoms with Gasteiger partial charge in [0.1, 0.15) is 5.82 Å². The highest BCUT2D eigenvalue weighted by Crippen LogP contribution is 2.44. The molecule has 1 aliphatic rings. The number of nitrogens with one attached hydrogen (secondary N) is 2. The van der Waals surface area contributed by atoms with Gasteiger partial charge in [0.2, 0.25) is 10.0 Å². The first-order valence-corrected chi connectivity index (χ1v) is 13.2. The summed E-state index contributed by atoms with van der Waals surface area (Å²) < 4.78 is 48.6. The van der Waals surface area contributed by atoms with Gasteiger partial charge in [-0.05, 0) is 74.0 Å². The van der Waals surface area contributed by atoms with Crippen LogP contribution < -0.4 is 10.5 Å². The van der Waals surface area contributed by atoms with Gasteiger partial charge in [0.25, 0.3) is 0 Å². The fourth-order valence-corrected chi connectivity index (χ4v) is 5.69. The van der Waals surface area contributed by atoms with Gasteiger partial charge in [0, 0.05) is 58.9 Å². The summed E-state index contributed by atoms with van der Waals surface area (Å²) in [7, 11) is -2.20. The van der Waals surface area contributed by atoms with Crippen LogP contribution in [0.5, 0.6) is 0 Å². The lowest BCUT2D eigenvalue weighted by Crippen LogP contribution is -2.18. The highest BCUT2D eigenvalue weighted by molar-refractivity contribution is 7.89. The van der Waals surface area contributed by atoms with E-state index in [4.69, 9.17) is 15.9 Å². The zero-order valence-corrected chi connectivity index (χ0v) is 20.6. The van der Waals surface area contributed by atoms with Crippen molar-refractivity contribution in [2.45, 2.75) is 23.7 Å². The molecule has 0 amide bonds. The summed E-state index contributed by atoms with van der Waals surface area (Å²) in [5.41, 5.74) is 11.8. The van der Waals surface area contributed by atoms with E-state index in [1.807, 2.05) is 12.1 Å². The maximum atomic E-state index is 13.9. The molecular formula is C27H27FN4O3S. The van der Waals surface area contributed by atoms with Gasteiger partial charge in [-0.1, -0.05) is 12.1 Å². The summed E-state index contributed by atoms with van der Waals surface area (Å²) >= 11 is 0. The Kier molecular flexibility index (Phi) is 6.38. The minimum atomic E-state index is -3.58. The van der Waals surface area contributed by atoms with E-state index in [0.717, 1.165) is 46.3 Å². The fraction of sp³-hybridized carbons (Fsp3) is 0.222. The topological polar surface area (TPSA) is 110 Å². The molecule has 1 saturated heterocycles. The Morgan fingerprint density at radius 2 is 1.75 bits per heavy atom. The van der Waals surface area contributed by atoms with E-state index < -0.39 is 10.0 Å². The van der Waals surface area contributed by atoms with Crippen molar-refractivity contribution in [2.75, 3.05) is 26.0 Å². The molecule has 1 aliphatic heterocycles. The second kappa shape index (κ2) is 9.50. The number of fused-ring (bicyclic) bond motifs is 1. The Bertz CT molecular complexity index is 1540. The van der Waals surface area contributed by atoms with Gasteiger partial charge < -0.3 is 20.4 Å². The van der Waals surface area contributed by atoms with E-state index in [9.17, 15) is 12.8 Å². The van der Waals surface area contributed by atoms with Gasteiger partial charge in [-0.25, -0.2) is 17.5 Å². The number of hydrogen-bond acceptors (Lipinski definition) is 5. The second-order valence-electron chi connectivity index (χ2n) is 8.83. The van der Waals surface area contributed by atoms with Crippen LogP contribution in [0.2, 0.25) is 0 Å². The molecule has 5 rings (SSSR count). The van der Waals surface area contributed by atoms with Crippen molar-refractivity contribution in [3.8, 4) is 16.8 Å². The molecule has 0 unspecified atom stereocenters.